The molecular formula is C16H21N3OS. The fraction of sp³-hybridized carbons (Fsp3) is 0.375. The standard InChI is InChI=1S/C16H21N3OS/c1-11(15-10-21-12(2)18-15)17-14-7-5-13(6-8-14)9-16(20)19(3)4/h5-8,10-11,17H,9H2,1-4H3. The van der Waals surface area contributed by atoms with E-state index in [-0.39, 0.29) is 11.9 Å². The number of anilines is 1. The van der Waals surface area contributed by atoms with Gasteiger partial charge in [0.15, 0.2) is 0 Å². The van der Waals surface area contributed by atoms with Gasteiger partial charge in [-0.1, -0.05) is 12.1 Å². The summed E-state index contributed by atoms with van der Waals surface area (Å²) < 4.78 is 0. The first kappa shape index (κ1) is 15.5. The molecule has 0 fully saturated rings. The Labute approximate surface area is 129 Å². The second-order valence-electron chi connectivity index (χ2n) is 5.32. The number of aromatic nitrogens is 1. The molecule has 5 heteroatoms. The van der Waals surface area contributed by atoms with Gasteiger partial charge in [-0.05, 0) is 31.5 Å². The Morgan fingerprint density at radius 2 is 2.00 bits per heavy atom. The molecule has 1 unspecified atom stereocenters. The zero-order valence-corrected chi connectivity index (χ0v) is 13.7. The van der Waals surface area contributed by atoms with Crippen LogP contribution in [-0.2, 0) is 11.2 Å². The molecule has 0 spiro atoms. The van der Waals surface area contributed by atoms with Gasteiger partial charge in [-0.2, -0.15) is 0 Å². The summed E-state index contributed by atoms with van der Waals surface area (Å²) in [6, 6.07) is 8.16. The highest BCUT2D eigenvalue weighted by Crippen LogP contribution is 2.21. The first-order valence-corrected chi connectivity index (χ1v) is 7.81. The average molecular weight is 303 g/mol. The number of carbonyl (C=O) groups is 1. The maximum absolute atomic E-state index is 11.7. The maximum Gasteiger partial charge on any atom is 0.226 e. The number of nitrogens with one attached hydrogen (secondary N) is 1. The lowest BCUT2D eigenvalue weighted by molar-refractivity contribution is -0.127. The first-order valence-electron chi connectivity index (χ1n) is 6.93. The lowest BCUT2D eigenvalue weighted by atomic mass is 10.1. The van der Waals surface area contributed by atoms with E-state index in [1.807, 2.05) is 31.2 Å². The molecule has 2 aromatic rings. The molecule has 0 radical (unpaired) electrons. The summed E-state index contributed by atoms with van der Waals surface area (Å²) in [4.78, 5) is 17.8. The van der Waals surface area contributed by atoms with Crippen molar-refractivity contribution in [2.75, 3.05) is 19.4 Å². The molecule has 1 amide bonds. The molecular weight excluding hydrogens is 282 g/mol. The quantitative estimate of drug-likeness (QED) is 0.922. The van der Waals surface area contributed by atoms with Crippen LogP contribution in [-0.4, -0.2) is 29.9 Å². The van der Waals surface area contributed by atoms with E-state index >= 15 is 0 Å². The predicted octanol–water partition coefficient (Wildman–Crippen LogP) is 3.26. The van der Waals surface area contributed by atoms with Crippen molar-refractivity contribution in [2.24, 2.45) is 0 Å². The molecule has 1 aromatic heterocycles. The Morgan fingerprint density at radius 1 is 1.33 bits per heavy atom. The van der Waals surface area contributed by atoms with E-state index in [1.165, 1.54) is 0 Å². The monoisotopic (exact) mass is 303 g/mol. The van der Waals surface area contributed by atoms with Crippen LogP contribution in [0.2, 0.25) is 0 Å². The number of benzene rings is 1. The summed E-state index contributed by atoms with van der Waals surface area (Å²) in [7, 11) is 3.55. The van der Waals surface area contributed by atoms with Gasteiger partial charge in [0.05, 0.1) is 23.2 Å². The maximum atomic E-state index is 11.7. The van der Waals surface area contributed by atoms with Crippen molar-refractivity contribution < 1.29 is 4.79 Å². The fourth-order valence-electron chi connectivity index (χ4n) is 1.95. The topological polar surface area (TPSA) is 45.2 Å². The summed E-state index contributed by atoms with van der Waals surface area (Å²) in [5, 5.41) is 6.58. The molecule has 1 heterocycles. The minimum absolute atomic E-state index is 0.113. The third-order valence-corrected chi connectivity index (χ3v) is 4.06. The van der Waals surface area contributed by atoms with E-state index in [2.05, 4.69) is 22.6 Å². The van der Waals surface area contributed by atoms with E-state index in [0.717, 1.165) is 22.0 Å². The van der Waals surface area contributed by atoms with Crippen LogP contribution in [0.3, 0.4) is 0 Å². The molecule has 0 bridgehead atoms. The fourth-order valence-corrected chi connectivity index (χ4v) is 2.66. The minimum Gasteiger partial charge on any atom is -0.377 e. The van der Waals surface area contributed by atoms with Crippen LogP contribution in [0.1, 0.15) is 29.2 Å². The van der Waals surface area contributed by atoms with Crippen molar-refractivity contribution in [2.45, 2.75) is 26.3 Å². The van der Waals surface area contributed by atoms with Crippen molar-refractivity contribution in [1.29, 1.82) is 0 Å². The van der Waals surface area contributed by atoms with Crippen molar-refractivity contribution in [3.8, 4) is 0 Å². The zero-order chi connectivity index (χ0) is 15.4. The second-order valence-corrected chi connectivity index (χ2v) is 6.38. The van der Waals surface area contributed by atoms with Gasteiger partial charge < -0.3 is 10.2 Å². The van der Waals surface area contributed by atoms with E-state index in [1.54, 1.807) is 30.3 Å². The Bertz CT molecular complexity index is 604. The van der Waals surface area contributed by atoms with E-state index in [9.17, 15) is 4.79 Å². The summed E-state index contributed by atoms with van der Waals surface area (Å²) in [5.74, 6) is 0.113. The minimum atomic E-state index is 0.113. The van der Waals surface area contributed by atoms with Crippen LogP contribution in [0.4, 0.5) is 5.69 Å². The molecule has 1 aromatic carbocycles. The van der Waals surface area contributed by atoms with Gasteiger partial charge in [-0.25, -0.2) is 4.98 Å². The predicted molar refractivity (Wildman–Crippen MR) is 87.7 cm³/mol. The number of hydrogen-bond donors (Lipinski definition) is 1. The number of nitrogens with zero attached hydrogens (tertiary/aromatic N) is 2. The molecule has 0 saturated heterocycles. The van der Waals surface area contributed by atoms with Gasteiger partial charge in [-0.15, -0.1) is 11.3 Å². The van der Waals surface area contributed by atoms with E-state index in [4.69, 9.17) is 0 Å². The van der Waals surface area contributed by atoms with Crippen molar-refractivity contribution in [3.63, 3.8) is 0 Å². The zero-order valence-electron chi connectivity index (χ0n) is 12.9. The lowest BCUT2D eigenvalue weighted by Crippen LogP contribution is -2.23. The van der Waals surface area contributed by atoms with Crippen molar-refractivity contribution >= 4 is 22.9 Å². The van der Waals surface area contributed by atoms with Crippen LogP contribution in [0, 0.1) is 6.92 Å². The number of likely N-dealkylation sites (N-methyl/N-ethyl adjacent to an activating group) is 1. The molecule has 2 rings (SSSR count). The molecule has 4 nitrogen and oxygen atoms in total. The molecule has 21 heavy (non-hydrogen) atoms. The number of hydrogen-bond acceptors (Lipinski definition) is 4. The summed E-state index contributed by atoms with van der Waals surface area (Å²) in [6.07, 6.45) is 0.439. The van der Waals surface area contributed by atoms with Gasteiger partial charge in [-0.3, -0.25) is 4.79 Å². The molecule has 0 aliphatic rings. The number of amides is 1. The van der Waals surface area contributed by atoms with Crippen LogP contribution >= 0.6 is 11.3 Å². The Morgan fingerprint density at radius 3 is 2.52 bits per heavy atom. The molecule has 0 aliphatic heterocycles. The summed E-state index contributed by atoms with van der Waals surface area (Å²) >= 11 is 1.66. The smallest absolute Gasteiger partial charge is 0.226 e. The highest BCUT2D eigenvalue weighted by atomic mass is 32.1. The molecule has 1 N–H and O–H groups in total. The second kappa shape index (κ2) is 6.72. The van der Waals surface area contributed by atoms with E-state index < -0.39 is 0 Å². The van der Waals surface area contributed by atoms with Gasteiger partial charge in [0.2, 0.25) is 5.91 Å². The summed E-state index contributed by atoms with van der Waals surface area (Å²) in [6.45, 7) is 4.11. The molecule has 112 valence electrons. The van der Waals surface area contributed by atoms with Crippen molar-refractivity contribution in [3.05, 3.63) is 45.9 Å². The van der Waals surface area contributed by atoms with Gasteiger partial charge in [0, 0.05) is 25.2 Å². The van der Waals surface area contributed by atoms with Gasteiger partial charge in [0.1, 0.15) is 0 Å². The highest BCUT2D eigenvalue weighted by Gasteiger charge is 2.09. The number of carbonyl (C=O) groups excluding carboxylic acids is 1. The number of thiazole rings is 1. The number of aryl methyl sites for hydroxylation is 1. The van der Waals surface area contributed by atoms with Crippen LogP contribution in [0.15, 0.2) is 29.6 Å². The van der Waals surface area contributed by atoms with Crippen LogP contribution in [0.25, 0.3) is 0 Å². The normalized spacial score (nSPS) is 12.0. The van der Waals surface area contributed by atoms with E-state index in [0.29, 0.717) is 6.42 Å². The summed E-state index contributed by atoms with van der Waals surface area (Å²) in [5.41, 5.74) is 3.12. The van der Waals surface area contributed by atoms with Crippen molar-refractivity contribution in [1.82, 2.24) is 9.88 Å². The third-order valence-electron chi connectivity index (χ3n) is 3.27. The molecule has 0 saturated carbocycles. The van der Waals surface area contributed by atoms with Crippen LogP contribution in [0.5, 0.6) is 0 Å². The number of rotatable bonds is 5. The average Bonchev–Trinajstić information content (AvgIpc) is 2.87. The molecule has 1 atom stereocenters. The Hall–Kier alpha value is -1.88. The van der Waals surface area contributed by atoms with Gasteiger partial charge in [0.25, 0.3) is 0 Å². The van der Waals surface area contributed by atoms with Crippen LogP contribution < -0.4 is 5.32 Å². The lowest BCUT2D eigenvalue weighted by Gasteiger charge is -2.14. The third kappa shape index (κ3) is 4.29. The van der Waals surface area contributed by atoms with Gasteiger partial charge >= 0.3 is 0 Å². The Kier molecular flexibility index (Phi) is 4.96. The molecule has 0 aliphatic carbocycles. The largest absolute Gasteiger partial charge is 0.377 e. The Balaban J connectivity index is 1.97. The highest BCUT2D eigenvalue weighted by molar-refractivity contribution is 7.09. The first-order chi connectivity index (χ1) is 9.95. The SMILES string of the molecule is Cc1nc(C(C)Nc2ccc(CC(=O)N(C)C)cc2)cs1.